The maximum Gasteiger partial charge on any atom is 1.00 e. The number of Topliss-reactive ketones (excluding diaryl/α,β-unsaturated/α-hetero) is 1. The van der Waals surface area contributed by atoms with Crippen LogP contribution in [0.2, 0.25) is 0 Å². The van der Waals surface area contributed by atoms with Crippen LogP contribution in [0.25, 0.3) is 0 Å². The number of ketones is 1. The van der Waals surface area contributed by atoms with E-state index in [2.05, 4.69) is 56.8 Å². The summed E-state index contributed by atoms with van der Waals surface area (Å²) < 4.78 is 67.3. The van der Waals surface area contributed by atoms with Crippen molar-refractivity contribution in [2.75, 3.05) is 26.4 Å². The van der Waals surface area contributed by atoms with E-state index in [1.807, 2.05) is 50.4 Å². The molecule has 2 fully saturated rings. The fourth-order valence-electron chi connectivity index (χ4n) is 12.8. The molecule has 528 valence electrons. The van der Waals surface area contributed by atoms with Crippen LogP contribution in [0, 0.1) is 10.2 Å². The van der Waals surface area contributed by atoms with Gasteiger partial charge in [-0.05, 0) is 259 Å². The number of benzene rings is 5. The third kappa shape index (κ3) is 27.1. The number of H-pyrrole nitrogens is 3. The molecule has 7 aromatic rings. The third-order valence-corrected chi connectivity index (χ3v) is 17.1. The molecule has 5 aliphatic carbocycles. The monoisotopic (exact) mass is 1370 g/mol. The number of halogens is 1. The van der Waals surface area contributed by atoms with Crippen LogP contribution in [0.5, 0.6) is 28.7 Å². The maximum absolute atomic E-state index is 11.1. The van der Waals surface area contributed by atoms with Gasteiger partial charge in [-0.15, -0.1) is 10.2 Å². The number of aldehydes is 1. The van der Waals surface area contributed by atoms with Crippen molar-refractivity contribution in [3.05, 3.63) is 200 Å². The first-order chi connectivity index (χ1) is 46.2. The van der Waals surface area contributed by atoms with E-state index in [1.54, 1.807) is 56.7 Å². The Morgan fingerprint density at radius 3 is 1.56 bits per heavy atom. The number of hydrogen-bond donors (Lipinski definition) is 7. The van der Waals surface area contributed by atoms with E-state index in [9.17, 15) is 24.6 Å². The molecule has 7 N–H and O–H groups in total. The molecule has 0 radical (unpaired) electrons. The van der Waals surface area contributed by atoms with Crippen LogP contribution in [-0.4, -0.2) is 97.5 Å². The first kappa shape index (κ1) is 81.4. The second-order valence-corrected chi connectivity index (χ2v) is 25.3. The number of ether oxygens (including phenoxy) is 6. The van der Waals surface area contributed by atoms with E-state index in [1.165, 1.54) is 69.3 Å². The minimum absolute atomic E-state index is 0. The Hall–Kier alpha value is -7.23. The molecule has 21 nitrogen and oxygen atoms in total. The largest absolute Gasteiger partial charge is 1.00 e. The van der Waals surface area contributed by atoms with Gasteiger partial charge in [-0.25, -0.2) is 28.4 Å². The minimum atomic E-state index is -4.94. The molecule has 6 atom stereocenters. The van der Waals surface area contributed by atoms with Crippen molar-refractivity contribution in [3.63, 3.8) is 0 Å². The number of aromatic nitrogens is 4. The van der Waals surface area contributed by atoms with Crippen LogP contribution >= 0.6 is 0 Å². The number of aliphatic hydroxyl groups excluding tert-OH is 1. The molecule has 23 heteroatoms. The molecule has 0 spiro atoms. The first-order valence-corrected chi connectivity index (χ1v) is 34.6. The summed E-state index contributed by atoms with van der Waals surface area (Å²) in [5.41, 5.74) is 14.2. The number of hydrogen-bond acceptors (Lipinski definition) is 18. The van der Waals surface area contributed by atoms with E-state index >= 15 is 0 Å². The van der Waals surface area contributed by atoms with Gasteiger partial charge < -0.3 is 68.6 Å². The Kier molecular flexibility index (Phi) is 34.9. The topological polar surface area (TPSA) is 340 Å². The molecule has 2 aliphatic heterocycles. The molecule has 14 rings (SSSR count). The summed E-state index contributed by atoms with van der Waals surface area (Å²) >= 11 is 0. The summed E-state index contributed by atoms with van der Waals surface area (Å²) in [6, 6.07) is 28.7. The van der Waals surface area contributed by atoms with Gasteiger partial charge in [-0.3, -0.25) is 4.79 Å². The zero-order valence-corrected chi connectivity index (χ0v) is 57.2. The average Bonchev–Trinajstić information content (AvgIpc) is 1.69. The second-order valence-electron chi connectivity index (χ2n) is 24.5. The molecule has 0 amide bonds. The van der Waals surface area contributed by atoms with Gasteiger partial charge >= 0.3 is 24.6 Å². The number of phenolic OH excluding ortho intramolecular Hbond substituents is 3. The number of aromatic amines is 3. The van der Waals surface area contributed by atoms with Gasteiger partial charge in [0.05, 0.1) is 25.8 Å². The Morgan fingerprint density at radius 2 is 1.09 bits per heavy atom. The van der Waals surface area contributed by atoms with Gasteiger partial charge in [0.25, 0.3) is 0 Å². The van der Waals surface area contributed by atoms with E-state index in [4.69, 9.17) is 57.3 Å². The maximum atomic E-state index is 11.1. The molecule has 0 saturated carbocycles. The zero-order chi connectivity index (χ0) is 69.0. The van der Waals surface area contributed by atoms with E-state index in [0.29, 0.717) is 42.1 Å². The molecule has 6 unspecified atom stereocenters. The van der Waals surface area contributed by atoms with Crippen molar-refractivity contribution in [1.82, 2.24) is 19.9 Å². The number of nitrogens with one attached hydrogen (secondary N) is 3. The third-order valence-electron chi connectivity index (χ3n) is 17.1. The molecular weight excluding hydrogens is 1270 g/mol. The van der Waals surface area contributed by atoms with Gasteiger partial charge in [-0.2, -0.15) is 0 Å². The van der Waals surface area contributed by atoms with E-state index < -0.39 is 10.2 Å². The van der Waals surface area contributed by atoms with Crippen molar-refractivity contribution < 1.29 is 106 Å². The molecule has 2 saturated heterocycles. The normalized spacial score (nSPS) is 19.3. The minimum Gasteiger partial charge on any atom is -0.508 e. The Bertz CT molecular complexity index is 3470. The summed E-state index contributed by atoms with van der Waals surface area (Å²) in [5, 5.41) is 36.0. The predicted molar refractivity (Wildman–Crippen MR) is 358 cm³/mol. The van der Waals surface area contributed by atoms with Gasteiger partial charge in [0.1, 0.15) is 41.1 Å². The fourth-order valence-corrected chi connectivity index (χ4v) is 12.8. The Morgan fingerprint density at radius 1 is 0.622 bits per heavy atom. The zero-order valence-electron chi connectivity index (χ0n) is 56.5. The summed E-state index contributed by atoms with van der Waals surface area (Å²) in [6.45, 7) is 14.4. The van der Waals surface area contributed by atoms with Crippen molar-refractivity contribution in [2.45, 2.75) is 200 Å². The van der Waals surface area contributed by atoms with Crippen LogP contribution in [-0.2, 0) is 68.7 Å². The number of phenols is 3. The Labute approximate surface area is 589 Å². The Balaban J connectivity index is 0.000000211. The number of aromatic hydroxyl groups is 3. The first-order valence-electron chi connectivity index (χ1n) is 33.3. The van der Waals surface area contributed by atoms with Gasteiger partial charge in [-0.1, -0.05) is 38.3 Å². The molecule has 4 heterocycles. The van der Waals surface area contributed by atoms with Crippen molar-refractivity contribution in [3.8, 4) is 28.7 Å². The predicted octanol–water partition coefficient (Wildman–Crippen LogP) is 6.85. The molecule has 0 bridgehead atoms. The smallest absolute Gasteiger partial charge is 0.508 e. The van der Waals surface area contributed by atoms with Crippen molar-refractivity contribution >= 4 is 12.1 Å². The van der Waals surface area contributed by atoms with Crippen molar-refractivity contribution in [2.24, 2.45) is 0 Å². The average molecular weight is 1370 g/mol. The summed E-state index contributed by atoms with van der Waals surface area (Å²) in [7, 11) is -4.94. The molecular formula is C75H98ClLiN4O17. The number of rotatable bonds is 14. The van der Waals surface area contributed by atoms with Gasteiger partial charge in [0.15, 0.2) is 18.4 Å². The number of aliphatic hydroxyl groups is 1. The van der Waals surface area contributed by atoms with Crippen LogP contribution in [0.4, 0.5) is 0 Å². The van der Waals surface area contributed by atoms with Crippen LogP contribution in [0.3, 0.4) is 0 Å². The number of fused-ring (bicyclic) bond motifs is 5. The standard InChI is InChI=1S/2C16H20O3.C13H14N2O2.C13H14N2O.C9H8O2.C4H10O.C3H8O.CH4.ClHO4.Li/c1-2-17-15-9-6-12-11-13(7-8-14(12)15)19-16-5-3-4-10-18-16;17-9-8-12-4-5-13-11-14(6-7-15(12)13)19-16-3-1-2-10-18-16;16-11-3-4-12-8(1-2-9(12)6-11)5-10-7-14-13(17)15-10;16-12-3-4-13-9(1-2-10(13)6-12)5-11-7-14-8-15-11;10-7-2-3-8-6(5-7)1-4-9(8)11;1-3-5-4-2;1-3(2)4;;2-1(3,4)5;/h2,7-8,11,15-16H,1,3-6,9-10H2;6-7,9,11-12,16H,1-5,8,10H2;3-4,6-8,16H,1-2,5H2,(H2,14,15,17);3-4,6-9,16H,1-2,5H2,(H,14,15);2-3,5,10H,1,4H2;3-4H2,1-2H3;3-4H,1-2H3;1H4;(H,2,3,4,5);/q;;;;;;;;;+1/p-1. The molecule has 2 aromatic heterocycles. The molecule has 7 aliphatic rings. The number of carbonyl (C=O) groups excluding carboxylic acids is 2. The van der Waals surface area contributed by atoms with Crippen LogP contribution < -0.4 is 52.7 Å². The summed E-state index contributed by atoms with van der Waals surface area (Å²) in [5.74, 6) is 4.38. The fraction of sp³-hybridized carbons (Fsp3) is 0.467. The SMILES string of the molecule is C.C=COC1CCc2cc(OC3CCCCO3)ccc21.CC(C)O.CCOCC.O=C1CCc2cc(O)ccc21.O=CCC1CCc2cc(OC3CCCCO3)ccc21.O=c1[nH]cc(CC2CCc3cc(O)ccc32)[nH]1.Oc1ccc2c(c1)CCC2Cc1cnc[nH]1.[Li+].[O-][Cl+3]([O-])([O-])[O-]. The summed E-state index contributed by atoms with van der Waals surface area (Å²) in [4.78, 5) is 45.4. The number of nitrogens with zero attached hydrogens (tertiary/aromatic N) is 1. The number of imidazole rings is 2. The van der Waals surface area contributed by atoms with Crippen LogP contribution in [0.1, 0.15) is 208 Å². The number of aryl methyl sites for hydroxylation is 5. The van der Waals surface area contributed by atoms with E-state index in [0.717, 1.165) is 157 Å². The quantitative estimate of drug-likeness (QED) is 0.0332. The number of carbonyl (C=O) groups is 2. The summed E-state index contributed by atoms with van der Waals surface area (Å²) in [6.07, 6.45) is 26.7. The van der Waals surface area contributed by atoms with Crippen LogP contribution in [0.15, 0.2) is 127 Å². The van der Waals surface area contributed by atoms with Crippen molar-refractivity contribution in [1.29, 1.82) is 0 Å². The second kappa shape index (κ2) is 42.0. The van der Waals surface area contributed by atoms with Gasteiger partial charge in [0, 0.05) is 74.3 Å². The van der Waals surface area contributed by atoms with E-state index in [-0.39, 0.29) is 68.3 Å². The van der Waals surface area contributed by atoms with Gasteiger partial charge in [0.2, 0.25) is 0 Å². The molecule has 98 heavy (non-hydrogen) atoms. The molecule has 5 aromatic carbocycles.